The molecule has 1 aliphatic heterocycles. The van der Waals surface area contributed by atoms with Crippen LogP contribution in [0.15, 0.2) is 43.0 Å². The predicted octanol–water partition coefficient (Wildman–Crippen LogP) is 4.91. The Kier molecular flexibility index (Phi) is 7.24. The number of likely N-dealkylation sites (tertiary alicyclic amines) is 1. The van der Waals surface area contributed by atoms with Crippen molar-refractivity contribution < 1.29 is 0 Å². The lowest BCUT2D eigenvalue weighted by atomic mass is 10.1. The van der Waals surface area contributed by atoms with Crippen molar-refractivity contribution in [3.63, 3.8) is 0 Å². The van der Waals surface area contributed by atoms with Gasteiger partial charge in [-0.1, -0.05) is 49.2 Å². The fourth-order valence-corrected chi connectivity index (χ4v) is 4.07. The van der Waals surface area contributed by atoms with Crippen molar-refractivity contribution in [2.45, 2.75) is 37.4 Å². The number of allylic oxidation sites excluding steroid dienone is 1. The maximum atomic E-state index is 3.91. The van der Waals surface area contributed by atoms with E-state index < -0.39 is 0 Å². The smallest absolute Gasteiger partial charge is 0.0332 e. The van der Waals surface area contributed by atoms with Gasteiger partial charge in [0.15, 0.2) is 0 Å². The quantitative estimate of drug-likeness (QED) is 0.656. The van der Waals surface area contributed by atoms with Gasteiger partial charge in [-0.15, -0.1) is 6.58 Å². The average molecular weight is 289 g/mol. The first kappa shape index (κ1) is 15.7. The fourth-order valence-electron chi connectivity index (χ4n) is 2.80. The largest absolute Gasteiger partial charge is 0.303 e. The number of nitrogens with zero attached hydrogens (tertiary/aromatic N) is 1. The summed E-state index contributed by atoms with van der Waals surface area (Å²) >= 11 is 2.09. The standard InChI is InChI=1S/C18H27NS/c1-2-10-18(17-11-6-5-7-12-17)20-16-15-19-13-8-3-4-9-14-19/h2,5-7,11-12,18H,1,3-4,8-10,13-16H2. The summed E-state index contributed by atoms with van der Waals surface area (Å²) < 4.78 is 0. The third-order valence-corrected chi connectivity index (χ3v) is 5.26. The Hall–Kier alpha value is -0.730. The minimum atomic E-state index is 0.570. The molecule has 1 atom stereocenters. The van der Waals surface area contributed by atoms with E-state index in [1.165, 1.54) is 56.6 Å². The zero-order chi connectivity index (χ0) is 14.0. The number of hydrogen-bond acceptors (Lipinski definition) is 2. The van der Waals surface area contributed by atoms with Crippen LogP contribution >= 0.6 is 11.8 Å². The Balaban J connectivity index is 1.78. The van der Waals surface area contributed by atoms with E-state index in [0.29, 0.717) is 5.25 Å². The summed E-state index contributed by atoms with van der Waals surface area (Å²) in [7, 11) is 0. The van der Waals surface area contributed by atoms with Crippen LogP contribution in [0.25, 0.3) is 0 Å². The molecule has 0 aliphatic carbocycles. The molecule has 1 fully saturated rings. The minimum Gasteiger partial charge on any atom is -0.303 e. The number of hydrogen-bond donors (Lipinski definition) is 0. The van der Waals surface area contributed by atoms with Crippen molar-refractivity contribution in [2.24, 2.45) is 0 Å². The lowest BCUT2D eigenvalue weighted by molar-refractivity contribution is 0.303. The van der Waals surface area contributed by atoms with Crippen molar-refractivity contribution in [1.82, 2.24) is 4.90 Å². The van der Waals surface area contributed by atoms with Gasteiger partial charge in [0.05, 0.1) is 0 Å². The van der Waals surface area contributed by atoms with E-state index >= 15 is 0 Å². The van der Waals surface area contributed by atoms with Crippen LogP contribution in [0.3, 0.4) is 0 Å². The second-order valence-electron chi connectivity index (χ2n) is 5.55. The van der Waals surface area contributed by atoms with E-state index in [2.05, 4.69) is 59.6 Å². The van der Waals surface area contributed by atoms with Gasteiger partial charge in [-0.25, -0.2) is 0 Å². The molecule has 2 rings (SSSR count). The van der Waals surface area contributed by atoms with Gasteiger partial charge in [-0.3, -0.25) is 0 Å². The second-order valence-corrected chi connectivity index (χ2v) is 6.86. The van der Waals surface area contributed by atoms with E-state index in [-0.39, 0.29) is 0 Å². The maximum Gasteiger partial charge on any atom is 0.0332 e. The normalized spacial score (nSPS) is 18.4. The van der Waals surface area contributed by atoms with Gasteiger partial charge < -0.3 is 4.90 Å². The van der Waals surface area contributed by atoms with E-state index in [4.69, 9.17) is 0 Å². The van der Waals surface area contributed by atoms with Gasteiger partial charge in [-0.2, -0.15) is 11.8 Å². The summed E-state index contributed by atoms with van der Waals surface area (Å²) in [5, 5.41) is 0.570. The number of rotatable bonds is 7. The van der Waals surface area contributed by atoms with Crippen molar-refractivity contribution in [1.29, 1.82) is 0 Å². The first-order valence-corrected chi connectivity index (χ1v) is 8.95. The molecular weight excluding hydrogens is 262 g/mol. The minimum absolute atomic E-state index is 0.570. The monoisotopic (exact) mass is 289 g/mol. The summed E-state index contributed by atoms with van der Waals surface area (Å²) in [5.41, 5.74) is 1.44. The van der Waals surface area contributed by atoms with Crippen molar-refractivity contribution in [3.05, 3.63) is 48.6 Å². The Bertz CT molecular complexity index is 368. The molecule has 110 valence electrons. The first-order valence-electron chi connectivity index (χ1n) is 7.90. The van der Waals surface area contributed by atoms with Crippen LogP contribution in [-0.4, -0.2) is 30.3 Å². The van der Waals surface area contributed by atoms with E-state index in [0.717, 1.165) is 6.42 Å². The van der Waals surface area contributed by atoms with Gasteiger partial charge in [0, 0.05) is 17.5 Å². The van der Waals surface area contributed by atoms with Crippen LogP contribution in [0, 0.1) is 0 Å². The molecular formula is C18H27NS. The van der Waals surface area contributed by atoms with Crippen LogP contribution < -0.4 is 0 Å². The SMILES string of the molecule is C=CCC(SCCN1CCCCCC1)c1ccccc1. The molecule has 0 aromatic heterocycles. The van der Waals surface area contributed by atoms with Crippen LogP contribution in [0.1, 0.15) is 42.9 Å². The first-order chi connectivity index (χ1) is 9.90. The fraction of sp³-hybridized carbons (Fsp3) is 0.556. The second kappa shape index (κ2) is 9.25. The van der Waals surface area contributed by atoms with Gasteiger partial charge in [0.2, 0.25) is 0 Å². The molecule has 1 unspecified atom stereocenters. The van der Waals surface area contributed by atoms with Gasteiger partial charge in [-0.05, 0) is 37.9 Å². The van der Waals surface area contributed by atoms with Crippen LogP contribution in [-0.2, 0) is 0 Å². The molecule has 0 spiro atoms. The molecule has 0 radical (unpaired) electrons. The highest BCUT2D eigenvalue weighted by Crippen LogP contribution is 2.32. The van der Waals surface area contributed by atoms with Gasteiger partial charge >= 0.3 is 0 Å². The molecule has 1 saturated heterocycles. The topological polar surface area (TPSA) is 3.24 Å². The van der Waals surface area contributed by atoms with E-state index in [1.807, 2.05) is 0 Å². The van der Waals surface area contributed by atoms with Gasteiger partial charge in [0.1, 0.15) is 0 Å². The summed E-state index contributed by atoms with van der Waals surface area (Å²) in [6.45, 7) is 7.76. The Morgan fingerprint density at radius 1 is 1.10 bits per heavy atom. The molecule has 1 heterocycles. The summed E-state index contributed by atoms with van der Waals surface area (Å²) in [4.78, 5) is 2.65. The molecule has 1 aromatic carbocycles. The molecule has 0 N–H and O–H groups in total. The lowest BCUT2D eigenvalue weighted by Gasteiger charge is -2.21. The highest BCUT2D eigenvalue weighted by Gasteiger charge is 2.12. The highest BCUT2D eigenvalue weighted by atomic mass is 32.2. The number of benzene rings is 1. The summed E-state index contributed by atoms with van der Waals surface area (Å²) in [6.07, 6.45) is 8.74. The van der Waals surface area contributed by atoms with Crippen LogP contribution in [0.2, 0.25) is 0 Å². The predicted molar refractivity (Wildman–Crippen MR) is 91.4 cm³/mol. The molecule has 2 heteroatoms. The zero-order valence-electron chi connectivity index (χ0n) is 12.5. The highest BCUT2D eigenvalue weighted by molar-refractivity contribution is 7.99. The van der Waals surface area contributed by atoms with Crippen molar-refractivity contribution in [3.8, 4) is 0 Å². The summed E-state index contributed by atoms with van der Waals surface area (Å²) in [6, 6.07) is 10.9. The number of thioether (sulfide) groups is 1. The molecule has 0 amide bonds. The molecule has 0 saturated carbocycles. The Morgan fingerprint density at radius 2 is 1.80 bits per heavy atom. The molecule has 1 aliphatic rings. The lowest BCUT2D eigenvalue weighted by Crippen LogP contribution is -2.27. The average Bonchev–Trinajstić information content (AvgIpc) is 2.76. The molecule has 20 heavy (non-hydrogen) atoms. The Labute approximate surface area is 128 Å². The molecule has 1 aromatic rings. The Morgan fingerprint density at radius 3 is 2.45 bits per heavy atom. The summed E-state index contributed by atoms with van der Waals surface area (Å²) in [5.74, 6) is 1.23. The van der Waals surface area contributed by atoms with E-state index in [1.54, 1.807) is 0 Å². The van der Waals surface area contributed by atoms with Crippen LogP contribution in [0.4, 0.5) is 0 Å². The third kappa shape index (κ3) is 5.34. The zero-order valence-corrected chi connectivity index (χ0v) is 13.3. The third-order valence-electron chi connectivity index (χ3n) is 3.98. The van der Waals surface area contributed by atoms with Crippen molar-refractivity contribution in [2.75, 3.05) is 25.4 Å². The van der Waals surface area contributed by atoms with Crippen molar-refractivity contribution >= 4 is 11.8 Å². The van der Waals surface area contributed by atoms with Gasteiger partial charge in [0.25, 0.3) is 0 Å². The molecule has 1 nitrogen and oxygen atoms in total. The molecule has 0 bridgehead atoms. The maximum absolute atomic E-state index is 3.91. The van der Waals surface area contributed by atoms with E-state index in [9.17, 15) is 0 Å². The van der Waals surface area contributed by atoms with Crippen LogP contribution in [0.5, 0.6) is 0 Å².